The Balaban J connectivity index is 2.12. The molecule has 2 rings (SSSR count). The van der Waals surface area contributed by atoms with Crippen molar-refractivity contribution < 1.29 is 19.8 Å². The number of hydrogen-bond donors (Lipinski definition) is 2. The van der Waals surface area contributed by atoms with E-state index < -0.39 is 12.2 Å². The summed E-state index contributed by atoms with van der Waals surface area (Å²) in [6.07, 6.45) is -0.802. The van der Waals surface area contributed by atoms with Gasteiger partial charge in [-0.15, -0.1) is 0 Å². The highest BCUT2D eigenvalue weighted by atomic mass is 16.4. The third-order valence-electron chi connectivity index (χ3n) is 3.01. The van der Waals surface area contributed by atoms with E-state index in [-0.39, 0.29) is 24.9 Å². The van der Waals surface area contributed by atoms with Gasteiger partial charge in [0.25, 0.3) is 0 Å². The third kappa shape index (κ3) is 1.90. The maximum absolute atomic E-state index is 11.6. The van der Waals surface area contributed by atoms with Crippen molar-refractivity contribution in [3.05, 3.63) is 0 Å². The van der Waals surface area contributed by atoms with E-state index in [4.69, 9.17) is 5.11 Å². The lowest BCUT2D eigenvalue weighted by Gasteiger charge is -2.23. The van der Waals surface area contributed by atoms with E-state index in [1.807, 2.05) is 0 Å². The molecule has 2 aliphatic heterocycles. The molecule has 0 aromatic heterocycles. The van der Waals surface area contributed by atoms with E-state index >= 15 is 0 Å². The molecule has 2 atom stereocenters. The number of aliphatic hydroxyl groups is 1. The van der Waals surface area contributed by atoms with Gasteiger partial charge in [-0.3, -0.25) is 4.79 Å². The van der Waals surface area contributed by atoms with Crippen LogP contribution in [-0.4, -0.2) is 63.8 Å². The molecule has 0 aliphatic carbocycles. The number of aliphatic hydroxyl groups excluding tert-OH is 1. The Kier molecular flexibility index (Phi) is 2.52. The minimum absolute atomic E-state index is 0.0553. The summed E-state index contributed by atoms with van der Waals surface area (Å²) in [5, 5.41) is 18.3. The van der Waals surface area contributed by atoms with E-state index in [1.54, 1.807) is 4.90 Å². The van der Waals surface area contributed by atoms with Gasteiger partial charge in [0.1, 0.15) is 0 Å². The number of fused-ring (bicyclic) bond motifs is 1. The number of carboxylic acid groups (broad SMARTS) is 1. The van der Waals surface area contributed by atoms with Crippen LogP contribution in [0.2, 0.25) is 0 Å². The fourth-order valence-electron chi connectivity index (χ4n) is 2.26. The molecule has 2 aliphatic rings. The van der Waals surface area contributed by atoms with E-state index in [1.165, 1.54) is 4.90 Å². The SMILES string of the molecule is O=C(O)N1CCC(=O)N2C[C@H](O)C[C@@H]2C1. The summed E-state index contributed by atoms with van der Waals surface area (Å²) in [6.45, 7) is 0.923. The number of amides is 2. The van der Waals surface area contributed by atoms with Gasteiger partial charge in [0, 0.05) is 26.1 Å². The molecule has 2 heterocycles. The van der Waals surface area contributed by atoms with Crippen LogP contribution in [0.1, 0.15) is 12.8 Å². The standard InChI is InChI=1S/C9H14N2O4/c12-7-3-6-4-10(9(14)15)2-1-8(13)11(6)5-7/h6-7,12H,1-5H2,(H,14,15)/t6-,7-/m1/s1. The van der Waals surface area contributed by atoms with Crippen molar-refractivity contribution in [2.24, 2.45) is 0 Å². The van der Waals surface area contributed by atoms with E-state index in [0.29, 0.717) is 19.5 Å². The molecule has 6 heteroatoms. The van der Waals surface area contributed by atoms with Gasteiger partial charge >= 0.3 is 6.09 Å². The number of rotatable bonds is 0. The third-order valence-corrected chi connectivity index (χ3v) is 3.01. The average Bonchev–Trinajstić information content (AvgIpc) is 2.46. The normalized spacial score (nSPS) is 31.4. The first-order chi connectivity index (χ1) is 7.08. The van der Waals surface area contributed by atoms with Gasteiger partial charge in [-0.25, -0.2) is 4.79 Å². The topological polar surface area (TPSA) is 81.1 Å². The van der Waals surface area contributed by atoms with Gasteiger partial charge in [0.15, 0.2) is 0 Å². The molecule has 0 bridgehead atoms. The zero-order valence-electron chi connectivity index (χ0n) is 8.30. The first-order valence-corrected chi connectivity index (χ1v) is 5.03. The average molecular weight is 214 g/mol. The summed E-state index contributed by atoms with van der Waals surface area (Å²) < 4.78 is 0. The molecule has 0 aromatic rings. The van der Waals surface area contributed by atoms with Gasteiger partial charge in [0.2, 0.25) is 5.91 Å². The second kappa shape index (κ2) is 3.69. The summed E-state index contributed by atoms with van der Waals surface area (Å²) >= 11 is 0. The quantitative estimate of drug-likeness (QED) is 0.560. The monoisotopic (exact) mass is 214 g/mol. The highest BCUT2D eigenvalue weighted by molar-refractivity contribution is 5.78. The molecule has 2 fully saturated rings. The van der Waals surface area contributed by atoms with E-state index in [0.717, 1.165) is 0 Å². The van der Waals surface area contributed by atoms with Crippen LogP contribution in [0.3, 0.4) is 0 Å². The van der Waals surface area contributed by atoms with Crippen LogP contribution < -0.4 is 0 Å². The fraction of sp³-hybridized carbons (Fsp3) is 0.778. The van der Waals surface area contributed by atoms with Gasteiger partial charge in [-0.05, 0) is 6.42 Å². The maximum Gasteiger partial charge on any atom is 0.407 e. The van der Waals surface area contributed by atoms with E-state index in [2.05, 4.69) is 0 Å². The van der Waals surface area contributed by atoms with Crippen molar-refractivity contribution in [1.29, 1.82) is 0 Å². The number of carbonyl (C=O) groups is 2. The lowest BCUT2D eigenvalue weighted by molar-refractivity contribution is -0.131. The van der Waals surface area contributed by atoms with Crippen molar-refractivity contribution in [2.45, 2.75) is 25.0 Å². The molecule has 0 saturated carbocycles. The maximum atomic E-state index is 11.6. The first kappa shape index (κ1) is 10.2. The van der Waals surface area contributed by atoms with Gasteiger partial charge < -0.3 is 20.0 Å². The lowest BCUT2D eigenvalue weighted by Crippen LogP contribution is -2.40. The number of hydrogen-bond acceptors (Lipinski definition) is 3. The lowest BCUT2D eigenvalue weighted by atomic mass is 10.2. The van der Waals surface area contributed by atoms with Gasteiger partial charge in [-0.1, -0.05) is 0 Å². The van der Waals surface area contributed by atoms with Crippen LogP contribution in [0.5, 0.6) is 0 Å². The largest absolute Gasteiger partial charge is 0.465 e. The Bertz CT molecular complexity index is 294. The zero-order valence-corrected chi connectivity index (χ0v) is 8.30. The van der Waals surface area contributed by atoms with Gasteiger partial charge in [-0.2, -0.15) is 0 Å². The van der Waals surface area contributed by atoms with Crippen LogP contribution in [0, 0.1) is 0 Å². The van der Waals surface area contributed by atoms with Crippen LogP contribution in [0.15, 0.2) is 0 Å². The van der Waals surface area contributed by atoms with Crippen molar-refractivity contribution in [3.63, 3.8) is 0 Å². The molecule has 84 valence electrons. The second-order valence-electron chi connectivity index (χ2n) is 4.07. The minimum Gasteiger partial charge on any atom is -0.465 e. The van der Waals surface area contributed by atoms with Crippen LogP contribution in [0.4, 0.5) is 4.79 Å². The summed E-state index contributed by atoms with van der Waals surface area (Å²) in [7, 11) is 0. The molecule has 2 N–H and O–H groups in total. The molecule has 2 amide bonds. The molecular weight excluding hydrogens is 200 g/mol. The Morgan fingerprint density at radius 1 is 1.40 bits per heavy atom. The zero-order chi connectivity index (χ0) is 11.0. The molecular formula is C9H14N2O4. The molecule has 0 unspecified atom stereocenters. The molecule has 0 aromatic carbocycles. The highest BCUT2D eigenvalue weighted by Crippen LogP contribution is 2.22. The summed E-state index contributed by atoms with van der Waals surface area (Å²) in [5.41, 5.74) is 0. The van der Waals surface area contributed by atoms with Crippen LogP contribution >= 0.6 is 0 Å². The number of carbonyl (C=O) groups excluding carboxylic acids is 1. The molecule has 6 nitrogen and oxygen atoms in total. The smallest absolute Gasteiger partial charge is 0.407 e. The summed E-state index contributed by atoms with van der Waals surface area (Å²) in [4.78, 5) is 25.3. The Labute approximate surface area is 87.1 Å². The summed E-state index contributed by atoms with van der Waals surface area (Å²) in [6, 6.07) is -0.147. The molecule has 0 radical (unpaired) electrons. The predicted octanol–water partition coefficient (Wildman–Crippen LogP) is -0.668. The van der Waals surface area contributed by atoms with Crippen molar-refractivity contribution >= 4 is 12.0 Å². The van der Waals surface area contributed by atoms with Crippen molar-refractivity contribution in [3.8, 4) is 0 Å². The van der Waals surface area contributed by atoms with Crippen LogP contribution in [0.25, 0.3) is 0 Å². The molecule has 2 saturated heterocycles. The Morgan fingerprint density at radius 3 is 2.80 bits per heavy atom. The first-order valence-electron chi connectivity index (χ1n) is 5.03. The van der Waals surface area contributed by atoms with E-state index in [9.17, 15) is 14.7 Å². The predicted molar refractivity (Wildman–Crippen MR) is 50.3 cm³/mol. The summed E-state index contributed by atoms with van der Waals surface area (Å²) in [5.74, 6) is -0.0553. The molecule has 15 heavy (non-hydrogen) atoms. The highest BCUT2D eigenvalue weighted by Gasteiger charge is 2.38. The molecule has 0 spiro atoms. The fourth-order valence-corrected chi connectivity index (χ4v) is 2.26. The Hall–Kier alpha value is -1.30. The van der Waals surface area contributed by atoms with Crippen molar-refractivity contribution in [2.75, 3.05) is 19.6 Å². The second-order valence-corrected chi connectivity index (χ2v) is 4.07. The van der Waals surface area contributed by atoms with Crippen LogP contribution in [-0.2, 0) is 4.79 Å². The number of nitrogens with zero attached hydrogens (tertiary/aromatic N) is 2. The van der Waals surface area contributed by atoms with Gasteiger partial charge in [0.05, 0.1) is 12.1 Å². The Morgan fingerprint density at radius 2 is 2.13 bits per heavy atom. The van der Waals surface area contributed by atoms with Crippen molar-refractivity contribution in [1.82, 2.24) is 9.80 Å². The minimum atomic E-state index is -0.994.